The molecule has 0 heterocycles. The van der Waals surface area contributed by atoms with E-state index in [0.29, 0.717) is 18.1 Å². The van der Waals surface area contributed by atoms with Crippen molar-refractivity contribution in [1.29, 1.82) is 0 Å². The van der Waals surface area contributed by atoms with E-state index in [1.54, 1.807) is 24.3 Å². The summed E-state index contributed by atoms with van der Waals surface area (Å²) in [7, 11) is 0. The first-order valence-corrected chi connectivity index (χ1v) is 9.63. The number of halogens is 2. The van der Waals surface area contributed by atoms with Gasteiger partial charge in [0, 0.05) is 5.56 Å². The standard InChI is InChI=1S/C24H20F2O6/c25-24(26)32-21-8-6-18(7-9-21)22(27)15-31-23(28)16-30-20-12-10-19(11-13-20)29-14-17-4-2-1-3-5-17/h1-13,24H,14-16H2. The molecule has 0 aliphatic rings. The fraction of sp³-hybridized carbons (Fsp3) is 0.167. The number of alkyl halides is 2. The zero-order chi connectivity index (χ0) is 22.8. The van der Waals surface area contributed by atoms with Crippen molar-refractivity contribution in [2.45, 2.75) is 13.2 Å². The highest BCUT2D eigenvalue weighted by molar-refractivity contribution is 5.98. The molecule has 6 nitrogen and oxygen atoms in total. The van der Waals surface area contributed by atoms with Crippen LogP contribution in [0.5, 0.6) is 17.2 Å². The van der Waals surface area contributed by atoms with E-state index in [0.717, 1.165) is 5.56 Å². The molecule has 0 aromatic heterocycles. The molecule has 0 bridgehead atoms. The normalized spacial score (nSPS) is 10.5. The fourth-order valence-electron chi connectivity index (χ4n) is 2.61. The minimum absolute atomic E-state index is 0.0709. The van der Waals surface area contributed by atoms with Crippen molar-refractivity contribution in [1.82, 2.24) is 0 Å². The number of rotatable bonds is 11. The number of Topliss-reactive ketones (excluding diaryl/α,β-unsaturated/α-hetero) is 1. The van der Waals surface area contributed by atoms with Crippen LogP contribution in [0, 0.1) is 0 Å². The lowest BCUT2D eigenvalue weighted by Crippen LogP contribution is -2.19. The van der Waals surface area contributed by atoms with Crippen LogP contribution in [0.1, 0.15) is 15.9 Å². The van der Waals surface area contributed by atoms with Gasteiger partial charge in [-0.3, -0.25) is 4.79 Å². The average molecular weight is 442 g/mol. The molecule has 0 saturated carbocycles. The Morgan fingerprint density at radius 1 is 0.719 bits per heavy atom. The predicted octanol–water partition coefficient (Wildman–Crippen LogP) is 4.67. The molecule has 0 amide bonds. The summed E-state index contributed by atoms with van der Waals surface area (Å²) in [5.41, 5.74) is 1.24. The first kappa shape index (κ1) is 22.7. The maximum atomic E-state index is 12.1. The summed E-state index contributed by atoms with van der Waals surface area (Å²) in [6, 6.07) is 21.6. The Morgan fingerprint density at radius 3 is 1.94 bits per heavy atom. The van der Waals surface area contributed by atoms with E-state index >= 15 is 0 Å². The van der Waals surface area contributed by atoms with E-state index in [4.69, 9.17) is 14.2 Å². The van der Waals surface area contributed by atoms with E-state index in [2.05, 4.69) is 4.74 Å². The number of esters is 1. The van der Waals surface area contributed by atoms with Crippen molar-refractivity contribution >= 4 is 11.8 Å². The van der Waals surface area contributed by atoms with Gasteiger partial charge >= 0.3 is 12.6 Å². The lowest BCUT2D eigenvalue weighted by Gasteiger charge is -2.09. The van der Waals surface area contributed by atoms with E-state index in [-0.39, 0.29) is 17.9 Å². The lowest BCUT2D eigenvalue weighted by atomic mass is 10.1. The molecule has 0 atom stereocenters. The average Bonchev–Trinajstić information content (AvgIpc) is 2.81. The maximum absolute atomic E-state index is 12.1. The maximum Gasteiger partial charge on any atom is 0.387 e. The SMILES string of the molecule is O=C(COc1ccc(OCc2ccccc2)cc1)OCC(=O)c1ccc(OC(F)F)cc1. The largest absolute Gasteiger partial charge is 0.489 e. The summed E-state index contributed by atoms with van der Waals surface area (Å²) < 4.78 is 44.4. The van der Waals surface area contributed by atoms with Gasteiger partial charge in [0.2, 0.25) is 0 Å². The van der Waals surface area contributed by atoms with Crippen LogP contribution < -0.4 is 14.2 Å². The van der Waals surface area contributed by atoms with Crippen molar-refractivity contribution in [2.24, 2.45) is 0 Å². The fourth-order valence-corrected chi connectivity index (χ4v) is 2.61. The molecule has 0 radical (unpaired) electrons. The molecule has 32 heavy (non-hydrogen) atoms. The van der Waals surface area contributed by atoms with Crippen LogP contribution in [0.4, 0.5) is 8.78 Å². The minimum Gasteiger partial charge on any atom is -0.489 e. The molecule has 0 aliphatic heterocycles. The molecule has 0 fully saturated rings. The number of benzene rings is 3. The molecular weight excluding hydrogens is 422 g/mol. The number of hydrogen-bond donors (Lipinski definition) is 0. The quantitative estimate of drug-likeness (QED) is 0.317. The summed E-state index contributed by atoms with van der Waals surface area (Å²) in [6.07, 6.45) is 0. The van der Waals surface area contributed by atoms with Crippen LogP contribution in [-0.2, 0) is 16.1 Å². The van der Waals surface area contributed by atoms with Crippen molar-refractivity contribution in [2.75, 3.05) is 13.2 Å². The highest BCUT2D eigenvalue weighted by Gasteiger charge is 2.12. The minimum atomic E-state index is -2.95. The molecule has 3 aromatic rings. The van der Waals surface area contributed by atoms with Gasteiger partial charge in [-0.15, -0.1) is 0 Å². The Bertz CT molecular complexity index is 1000. The Kier molecular flexibility index (Phi) is 8.14. The summed E-state index contributed by atoms with van der Waals surface area (Å²) in [5.74, 6) is -0.185. The third kappa shape index (κ3) is 7.39. The van der Waals surface area contributed by atoms with Crippen molar-refractivity contribution in [3.05, 3.63) is 90.0 Å². The van der Waals surface area contributed by atoms with E-state index in [9.17, 15) is 18.4 Å². The van der Waals surface area contributed by atoms with Gasteiger partial charge in [0.05, 0.1) is 0 Å². The number of ketones is 1. The molecule has 166 valence electrons. The third-order valence-electron chi connectivity index (χ3n) is 4.19. The second kappa shape index (κ2) is 11.5. The van der Waals surface area contributed by atoms with Gasteiger partial charge in [0.15, 0.2) is 19.0 Å². The van der Waals surface area contributed by atoms with E-state index < -0.39 is 25.0 Å². The van der Waals surface area contributed by atoms with Gasteiger partial charge in [0.25, 0.3) is 0 Å². The van der Waals surface area contributed by atoms with Gasteiger partial charge in [-0.25, -0.2) is 4.79 Å². The lowest BCUT2D eigenvalue weighted by molar-refractivity contribution is -0.144. The van der Waals surface area contributed by atoms with Gasteiger partial charge in [-0.05, 0) is 54.1 Å². The topological polar surface area (TPSA) is 71.1 Å². The highest BCUT2D eigenvalue weighted by Crippen LogP contribution is 2.19. The molecule has 0 N–H and O–H groups in total. The molecule has 0 unspecified atom stereocenters. The van der Waals surface area contributed by atoms with E-state index in [1.807, 2.05) is 30.3 Å². The number of ether oxygens (including phenoxy) is 4. The van der Waals surface area contributed by atoms with Crippen LogP contribution in [0.25, 0.3) is 0 Å². The smallest absolute Gasteiger partial charge is 0.387 e. The molecular formula is C24H20F2O6. The Balaban J connectivity index is 1.38. The van der Waals surface area contributed by atoms with Gasteiger partial charge < -0.3 is 18.9 Å². The van der Waals surface area contributed by atoms with Crippen molar-refractivity contribution in [3.8, 4) is 17.2 Å². The first-order valence-electron chi connectivity index (χ1n) is 9.63. The zero-order valence-electron chi connectivity index (χ0n) is 16.9. The van der Waals surface area contributed by atoms with Crippen LogP contribution in [0.15, 0.2) is 78.9 Å². The Hall–Kier alpha value is -3.94. The predicted molar refractivity (Wildman–Crippen MR) is 111 cm³/mol. The number of carbonyl (C=O) groups is 2. The zero-order valence-corrected chi connectivity index (χ0v) is 16.9. The summed E-state index contributed by atoms with van der Waals surface area (Å²) in [6.45, 7) is -3.39. The van der Waals surface area contributed by atoms with Crippen molar-refractivity contribution in [3.63, 3.8) is 0 Å². The molecule has 0 spiro atoms. The molecule has 3 aromatic carbocycles. The van der Waals surface area contributed by atoms with E-state index in [1.165, 1.54) is 24.3 Å². The second-order valence-electron chi connectivity index (χ2n) is 6.52. The van der Waals surface area contributed by atoms with Crippen LogP contribution in [0.2, 0.25) is 0 Å². The van der Waals surface area contributed by atoms with Crippen LogP contribution in [-0.4, -0.2) is 31.6 Å². The van der Waals surface area contributed by atoms with Gasteiger partial charge in [-0.1, -0.05) is 30.3 Å². The number of carbonyl (C=O) groups excluding carboxylic acids is 2. The number of hydrogen-bond acceptors (Lipinski definition) is 6. The van der Waals surface area contributed by atoms with Gasteiger partial charge in [-0.2, -0.15) is 8.78 Å². The summed E-state index contributed by atoms with van der Waals surface area (Å²) >= 11 is 0. The molecule has 0 saturated heterocycles. The molecule has 8 heteroatoms. The first-order chi connectivity index (χ1) is 15.5. The highest BCUT2D eigenvalue weighted by atomic mass is 19.3. The second-order valence-corrected chi connectivity index (χ2v) is 6.52. The Labute approximate surface area is 183 Å². The monoisotopic (exact) mass is 442 g/mol. The summed E-state index contributed by atoms with van der Waals surface area (Å²) in [5, 5.41) is 0. The van der Waals surface area contributed by atoms with Crippen LogP contribution >= 0.6 is 0 Å². The van der Waals surface area contributed by atoms with Gasteiger partial charge in [0.1, 0.15) is 23.9 Å². The third-order valence-corrected chi connectivity index (χ3v) is 4.19. The Morgan fingerprint density at radius 2 is 1.31 bits per heavy atom. The van der Waals surface area contributed by atoms with Crippen molar-refractivity contribution < 1.29 is 37.3 Å². The molecule has 3 rings (SSSR count). The van der Waals surface area contributed by atoms with Crippen LogP contribution in [0.3, 0.4) is 0 Å². The summed E-state index contributed by atoms with van der Waals surface area (Å²) in [4.78, 5) is 23.9. The molecule has 0 aliphatic carbocycles.